The Kier molecular flexibility index (Phi) is 3.31. The first-order valence-electron chi connectivity index (χ1n) is 5.75. The number of ether oxygens (including phenoxy) is 2. The lowest BCUT2D eigenvalue weighted by Gasteiger charge is -2.38. The summed E-state index contributed by atoms with van der Waals surface area (Å²) in [5.74, 6) is -3.70. The summed E-state index contributed by atoms with van der Waals surface area (Å²) in [6.07, 6.45) is 3.66. The molecule has 0 aromatic heterocycles. The van der Waals surface area contributed by atoms with Crippen LogP contribution in [-0.2, 0) is 28.7 Å². The van der Waals surface area contributed by atoms with Crippen LogP contribution < -0.4 is 0 Å². The van der Waals surface area contributed by atoms with E-state index in [9.17, 15) is 14.4 Å². The van der Waals surface area contributed by atoms with Crippen LogP contribution >= 0.6 is 0 Å². The molecule has 18 heavy (non-hydrogen) atoms. The van der Waals surface area contributed by atoms with E-state index in [1.807, 2.05) is 0 Å². The van der Waals surface area contributed by atoms with Crippen molar-refractivity contribution in [1.82, 2.24) is 0 Å². The van der Waals surface area contributed by atoms with Crippen LogP contribution in [0.15, 0.2) is 5.16 Å². The summed E-state index contributed by atoms with van der Waals surface area (Å²) >= 11 is 0. The first-order valence-corrected chi connectivity index (χ1v) is 5.75. The third-order valence-corrected chi connectivity index (χ3v) is 2.82. The van der Waals surface area contributed by atoms with E-state index >= 15 is 0 Å². The molecular weight excluding hydrogens is 242 g/mol. The normalized spacial score (nSPS) is 22.2. The molecule has 1 spiro atoms. The van der Waals surface area contributed by atoms with Crippen LogP contribution in [0.2, 0.25) is 0 Å². The number of hydrogen-bond donors (Lipinski definition) is 0. The van der Waals surface area contributed by atoms with Gasteiger partial charge in [0.2, 0.25) is 0 Å². The topological polar surface area (TPSA) is 91.3 Å². The molecule has 7 heteroatoms. The van der Waals surface area contributed by atoms with E-state index in [0.717, 1.165) is 26.2 Å². The third kappa shape index (κ3) is 2.49. The molecule has 0 atom stereocenters. The summed E-state index contributed by atoms with van der Waals surface area (Å²) in [5, 5.41) is 3.14. The highest BCUT2D eigenvalue weighted by molar-refractivity contribution is 6.63. The van der Waals surface area contributed by atoms with Crippen LogP contribution in [0.25, 0.3) is 0 Å². The number of nitrogens with zero attached hydrogens (tertiary/aromatic N) is 1. The molecule has 0 amide bonds. The maximum absolute atomic E-state index is 11.6. The fourth-order valence-electron chi connectivity index (χ4n) is 2.02. The van der Waals surface area contributed by atoms with Gasteiger partial charge < -0.3 is 14.3 Å². The number of esters is 2. The van der Waals surface area contributed by atoms with Gasteiger partial charge in [0.1, 0.15) is 0 Å². The lowest BCUT2D eigenvalue weighted by atomic mass is 9.93. The lowest BCUT2D eigenvalue weighted by molar-refractivity contribution is -0.237. The summed E-state index contributed by atoms with van der Waals surface area (Å²) in [4.78, 5) is 38.1. The van der Waals surface area contributed by atoms with Crippen molar-refractivity contribution in [2.45, 2.75) is 44.8 Å². The van der Waals surface area contributed by atoms with E-state index in [0.29, 0.717) is 12.8 Å². The van der Waals surface area contributed by atoms with Gasteiger partial charge in [-0.3, -0.25) is 0 Å². The van der Waals surface area contributed by atoms with Gasteiger partial charge in [0.15, 0.2) is 0 Å². The molecule has 2 fully saturated rings. The molecule has 7 nitrogen and oxygen atoms in total. The highest BCUT2D eigenvalue weighted by Crippen LogP contribution is 2.35. The summed E-state index contributed by atoms with van der Waals surface area (Å²) in [7, 11) is 0. The Morgan fingerprint density at radius 1 is 1.17 bits per heavy atom. The standard InChI is InChI=1S/C11H13NO6/c1-7(13)18-12-8-9(14)16-11(17-10(8)15)5-3-2-4-6-11/h2-6H2,1H3. The zero-order valence-electron chi connectivity index (χ0n) is 9.93. The minimum Gasteiger partial charge on any atom is -0.417 e. The Morgan fingerprint density at radius 3 is 2.22 bits per heavy atom. The minimum absolute atomic E-state index is 0.491. The fourth-order valence-corrected chi connectivity index (χ4v) is 2.02. The molecule has 1 aliphatic heterocycles. The number of rotatable bonds is 1. The summed E-state index contributed by atoms with van der Waals surface area (Å²) in [6.45, 7) is 1.10. The monoisotopic (exact) mass is 255 g/mol. The van der Waals surface area contributed by atoms with E-state index in [2.05, 4.69) is 9.99 Å². The van der Waals surface area contributed by atoms with Crippen LogP contribution in [0.3, 0.4) is 0 Å². The Balaban J connectivity index is 2.12. The predicted molar refractivity (Wildman–Crippen MR) is 57.2 cm³/mol. The lowest BCUT2D eigenvalue weighted by Crippen LogP contribution is -2.51. The molecule has 1 saturated carbocycles. The predicted octanol–water partition coefficient (Wildman–Crippen LogP) is 0.666. The molecule has 98 valence electrons. The maximum atomic E-state index is 11.6. The van der Waals surface area contributed by atoms with Crippen molar-refractivity contribution in [2.75, 3.05) is 0 Å². The molecule has 0 bridgehead atoms. The molecule has 1 aliphatic carbocycles. The molecule has 0 aromatic rings. The van der Waals surface area contributed by atoms with Crippen LogP contribution in [0.5, 0.6) is 0 Å². The zero-order chi connectivity index (χ0) is 13.2. The Morgan fingerprint density at radius 2 is 1.72 bits per heavy atom. The molecule has 1 saturated heterocycles. The second-order valence-electron chi connectivity index (χ2n) is 4.27. The zero-order valence-corrected chi connectivity index (χ0v) is 9.93. The quantitative estimate of drug-likeness (QED) is 0.388. The first kappa shape index (κ1) is 12.5. The van der Waals surface area contributed by atoms with Crippen LogP contribution in [0, 0.1) is 0 Å². The van der Waals surface area contributed by atoms with Crippen molar-refractivity contribution in [3.8, 4) is 0 Å². The van der Waals surface area contributed by atoms with Gasteiger partial charge in [0.05, 0.1) is 0 Å². The third-order valence-electron chi connectivity index (χ3n) is 2.82. The first-order chi connectivity index (χ1) is 8.52. The smallest absolute Gasteiger partial charge is 0.371 e. The van der Waals surface area contributed by atoms with Gasteiger partial charge in [-0.25, -0.2) is 14.4 Å². The van der Waals surface area contributed by atoms with Crippen LogP contribution in [0.4, 0.5) is 0 Å². The average molecular weight is 255 g/mol. The maximum Gasteiger partial charge on any atom is 0.371 e. The largest absolute Gasteiger partial charge is 0.417 e. The average Bonchev–Trinajstić information content (AvgIpc) is 2.28. The van der Waals surface area contributed by atoms with Crippen molar-refractivity contribution in [3.63, 3.8) is 0 Å². The molecule has 0 unspecified atom stereocenters. The van der Waals surface area contributed by atoms with Gasteiger partial charge in [-0.2, -0.15) is 0 Å². The minimum atomic E-state index is -1.15. The van der Waals surface area contributed by atoms with E-state index in [-0.39, 0.29) is 0 Å². The van der Waals surface area contributed by atoms with E-state index < -0.39 is 29.4 Å². The summed E-state index contributed by atoms with van der Waals surface area (Å²) in [6, 6.07) is 0. The van der Waals surface area contributed by atoms with E-state index in [1.54, 1.807) is 0 Å². The van der Waals surface area contributed by atoms with Crippen LogP contribution in [-0.4, -0.2) is 29.4 Å². The van der Waals surface area contributed by atoms with Gasteiger partial charge >= 0.3 is 17.9 Å². The van der Waals surface area contributed by atoms with Gasteiger partial charge in [0, 0.05) is 19.8 Å². The number of oxime groups is 1. The second-order valence-corrected chi connectivity index (χ2v) is 4.27. The highest BCUT2D eigenvalue weighted by atomic mass is 16.8. The van der Waals surface area contributed by atoms with Gasteiger partial charge in [-0.1, -0.05) is 11.6 Å². The molecule has 0 aromatic carbocycles. The van der Waals surface area contributed by atoms with E-state index in [4.69, 9.17) is 9.47 Å². The highest BCUT2D eigenvalue weighted by Gasteiger charge is 2.48. The number of carbonyl (C=O) groups is 3. The second kappa shape index (κ2) is 4.75. The Hall–Kier alpha value is -1.92. The Bertz CT molecular complexity index is 399. The van der Waals surface area contributed by atoms with Gasteiger partial charge in [0.25, 0.3) is 11.5 Å². The van der Waals surface area contributed by atoms with Crippen LogP contribution in [0.1, 0.15) is 39.0 Å². The van der Waals surface area contributed by atoms with Crippen molar-refractivity contribution >= 4 is 23.6 Å². The molecule has 0 radical (unpaired) electrons. The van der Waals surface area contributed by atoms with Crippen molar-refractivity contribution in [2.24, 2.45) is 5.16 Å². The molecule has 1 heterocycles. The molecule has 0 N–H and O–H groups in total. The summed E-state index contributed by atoms with van der Waals surface area (Å²) < 4.78 is 10.3. The number of carbonyl (C=O) groups excluding carboxylic acids is 3. The SMILES string of the molecule is CC(=O)ON=C1C(=O)OC2(CCCCC2)OC1=O. The van der Waals surface area contributed by atoms with E-state index in [1.165, 1.54) is 0 Å². The molecular formula is C11H13NO6. The fraction of sp³-hybridized carbons (Fsp3) is 0.636. The summed E-state index contributed by atoms with van der Waals surface area (Å²) in [5.41, 5.74) is -0.638. The van der Waals surface area contributed by atoms with Gasteiger partial charge in [-0.15, -0.1) is 0 Å². The Labute approximate surface area is 103 Å². The van der Waals surface area contributed by atoms with Gasteiger partial charge in [-0.05, 0) is 12.8 Å². The van der Waals surface area contributed by atoms with Crippen molar-refractivity contribution < 1.29 is 28.7 Å². The number of hydrogen-bond acceptors (Lipinski definition) is 7. The van der Waals surface area contributed by atoms with Crippen molar-refractivity contribution in [3.05, 3.63) is 0 Å². The van der Waals surface area contributed by atoms with Crippen molar-refractivity contribution in [1.29, 1.82) is 0 Å². The molecule has 2 rings (SSSR count). The molecule has 2 aliphatic rings.